The maximum atomic E-state index is 13.1. The Hall–Kier alpha value is -2.45. The smallest absolute Gasteiger partial charge is 0.243 e. The minimum atomic E-state index is -0.723. The van der Waals surface area contributed by atoms with Crippen molar-refractivity contribution in [1.82, 2.24) is 21.3 Å². The highest BCUT2D eigenvalue weighted by atomic mass is 16.2. The van der Waals surface area contributed by atoms with E-state index in [0.717, 1.165) is 64.2 Å². The zero-order valence-electron chi connectivity index (χ0n) is 25.8. The van der Waals surface area contributed by atoms with Gasteiger partial charge in [-0.1, -0.05) is 59.3 Å². The van der Waals surface area contributed by atoms with Gasteiger partial charge in [0.15, 0.2) is 5.78 Å². The van der Waals surface area contributed by atoms with Crippen LogP contribution in [0, 0.1) is 0 Å². The molecule has 9 nitrogen and oxygen atoms in total. The largest absolute Gasteiger partial charge is 0.356 e. The molecule has 0 aromatic heterocycles. The molecule has 0 spiro atoms. The van der Waals surface area contributed by atoms with E-state index < -0.39 is 12.1 Å². The normalized spacial score (nSPS) is 12.3. The van der Waals surface area contributed by atoms with Crippen LogP contribution in [0.25, 0.3) is 0 Å². The third-order valence-corrected chi connectivity index (χ3v) is 6.96. The van der Waals surface area contributed by atoms with Crippen molar-refractivity contribution < 1.29 is 24.0 Å². The van der Waals surface area contributed by atoms with Gasteiger partial charge in [0.1, 0.15) is 6.04 Å². The Balaban J connectivity index is 4.73. The average Bonchev–Trinajstić information content (AvgIpc) is 2.91. The topological polar surface area (TPSA) is 133 Å². The molecule has 2 atom stereocenters. The van der Waals surface area contributed by atoms with Crippen LogP contribution < -0.4 is 21.3 Å². The molecular weight excluding hydrogens is 508 g/mol. The van der Waals surface area contributed by atoms with Crippen LogP contribution in [0.1, 0.15) is 143 Å². The number of hydrogen-bond donors (Lipinski definition) is 4. The summed E-state index contributed by atoms with van der Waals surface area (Å²) < 4.78 is 0. The van der Waals surface area contributed by atoms with E-state index >= 15 is 0 Å². The fourth-order valence-electron chi connectivity index (χ4n) is 4.37. The predicted molar refractivity (Wildman–Crippen MR) is 161 cm³/mol. The minimum Gasteiger partial charge on any atom is -0.356 e. The maximum Gasteiger partial charge on any atom is 0.243 e. The molecule has 232 valence electrons. The Labute approximate surface area is 243 Å². The summed E-state index contributed by atoms with van der Waals surface area (Å²) in [6, 6.07) is -1.35. The van der Waals surface area contributed by atoms with Crippen molar-refractivity contribution in [2.45, 2.75) is 155 Å². The molecule has 0 fully saturated rings. The van der Waals surface area contributed by atoms with E-state index in [9.17, 15) is 24.0 Å². The van der Waals surface area contributed by atoms with E-state index in [1.54, 1.807) is 0 Å². The molecule has 0 rings (SSSR count). The van der Waals surface area contributed by atoms with Crippen LogP contribution in [0.2, 0.25) is 0 Å². The molecule has 2 unspecified atom stereocenters. The molecule has 40 heavy (non-hydrogen) atoms. The zero-order valence-corrected chi connectivity index (χ0v) is 25.8. The van der Waals surface area contributed by atoms with Gasteiger partial charge < -0.3 is 21.3 Å². The highest BCUT2D eigenvalue weighted by molar-refractivity contribution is 5.92. The first-order chi connectivity index (χ1) is 19.2. The van der Waals surface area contributed by atoms with Gasteiger partial charge in [-0.05, 0) is 64.7 Å². The first kappa shape index (κ1) is 37.6. The third-order valence-electron chi connectivity index (χ3n) is 6.96. The number of rotatable bonds is 26. The lowest BCUT2D eigenvalue weighted by Crippen LogP contribution is -2.51. The molecule has 0 saturated heterocycles. The second kappa shape index (κ2) is 25.5. The predicted octanol–water partition coefficient (Wildman–Crippen LogP) is 4.86. The minimum absolute atomic E-state index is 0.0485. The molecule has 0 aliphatic rings. The van der Waals surface area contributed by atoms with Crippen LogP contribution in [-0.2, 0) is 24.0 Å². The van der Waals surface area contributed by atoms with Gasteiger partial charge in [-0.2, -0.15) is 0 Å². The van der Waals surface area contributed by atoms with Crippen molar-refractivity contribution in [2.75, 3.05) is 13.1 Å². The lowest BCUT2D eigenvalue weighted by Gasteiger charge is -2.22. The van der Waals surface area contributed by atoms with E-state index in [1.165, 1.54) is 6.92 Å². The standard InChI is InChI=1S/C31H58N4O5/c1-5-8-11-20-28(37)32-23-16-14-18-26(25(4)36)35-31(40)27(34-30(39)22-13-10-7-3)19-15-17-24-33-29(38)21-12-9-6-2/h26-27H,5-24H2,1-4H3,(H,32,37)(H,33,38)(H,34,39)(H,35,40). The lowest BCUT2D eigenvalue weighted by atomic mass is 10.0. The maximum absolute atomic E-state index is 13.1. The van der Waals surface area contributed by atoms with Crippen LogP contribution in [0.4, 0.5) is 0 Å². The molecule has 4 N–H and O–H groups in total. The van der Waals surface area contributed by atoms with Gasteiger partial charge >= 0.3 is 0 Å². The van der Waals surface area contributed by atoms with Crippen molar-refractivity contribution >= 4 is 29.4 Å². The number of carbonyl (C=O) groups is 5. The van der Waals surface area contributed by atoms with Gasteiger partial charge in [0.25, 0.3) is 0 Å². The summed E-state index contributed by atoms with van der Waals surface area (Å²) >= 11 is 0. The van der Waals surface area contributed by atoms with Crippen LogP contribution in [0.3, 0.4) is 0 Å². The first-order valence-corrected chi connectivity index (χ1v) is 15.9. The Bertz CT molecular complexity index is 729. The van der Waals surface area contributed by atoms with Crippen molar-refractivity contribution in [3.05, 3.63) is 0 Å². The fourth-order valence-corrected chi connectivity index (χ4v) is 4.37. The van der Waals surface area contributed by atoms with E-state index in [-0.39, 0.29) is 29.4 Å². The molecule has 0 aliphatic heterocycles. The monoisotopic (exact) mass is 566 g/mol. The highest BCUT2D eigenvalue weighted by Gasteiger charge is 2.24. The van der Waals surface area contributed by atoms with Crippen molar-refractivity contribution in [3.8, 4) is 0 Å². The molecule has 9 heteroatoms. The number of carbonyl (C=O) groups excluding carboxylic acids is 5. The van der Waals surface area contributed by atoms with E-state index in [2.05, 4.69) is 42.0 Å². The number of Topliss-reactive ketones (excluding diaryl/α,β-unsaturated/α-hetero) is 1. The molecule has 0 bridgehead atoms. The molecule has 0 saturated carbocycles. The Morgan fingerprint density at radius 1 is 0.500 bits per heavy atom. The van der Waals surface area contributed by atoms with E-state index in [0.29, 0.717) is 64.5 Å². The summed E-state index contributed by atoms with van der Waals surface area (Å²) in [7, 11) is 0. The zero-order chi connectivity index (χ0) is 30.0. The second-order valence-corrected chi connectivity index (χ2v) is 10.9. The second-order valence-electron chi connectivity index (χ2n) is 10.9. The number of unbranched alkanes of at least 4 members (excludes halogenated alkanes) is 8. The summed E-state index contributed by atoms with van der Waals surface area (Å²) in [5.41, 5.74) is 0. The van der Waals surface area contributed by atoms with Gasteiger partial charge in [0.05, 0.1) is 6.04 Å². The molecule has 0 aromatic carbocycles. The van der Waals surface area contributed by atoms with Gasteiger partial charge in [-0.15, -0.1) is 0 Å². The third kappa shape index (κ3) is 21.4. The number of ketones is 1. The van der Waals surface area contributed by atoms with Gasteiger partial charge in [-0.3, -0.25) is 24.0 Å². The van der Waals surface area contributed by atoms with Crippen molar-refractivity contribution in [1.29, 1.82) is 0 Å². The summed E-state index contributed by atoms with van der Waals surface area (Å²) in [6.07, 6.45) is 13.9. The molecule has 0 aromatic rings. The van der Waals surface area contributed by atoms with Crippen LogP contribution in [-0.4, -0.2) is 54.6 Å². The summed E-state index contributed by atoms with van der Waals surface area (Å²) in [5.74, 6) is -0.537. The Morgan fingerprint density at radius 2 is 0.925 bits per heavy atom. The van der Waals surface area contributed by atoms with Crippen molar-refractivity contribution in [3.63, 3.8) is 0 Å². The van der Waals surface area contributed by atoms with Gasteiger partial charge in [-0.25, -0.2) is 0 Å². The summed E-state index contributed by atoms with van der Waals surface area (Å²) in [4.78, 5) is 61.7. The molecule has 4 amide bonds. The first-order valence-electron chi connectivity index (χ1n) is 15.9. The lowest BCUT2D eigenvalue weighted by molar-refractivity contribution is -0.131. The molecule has 0 aliphatic carbocycles. The number of amides is 4. The molecular formula is C31H58N4O5. The average molecular weight is 567 g/mol. The van der Waals surface area contributed by atoms with Gasteiger partial charge in [0.2, 0.25) is 23.6 Å². The number of nitrogens with one attached hydrogen (secondary N) is 4. The Morgan fingerprint density at radius 3 is 1.35 bits per heavy atom. The van der Waals surface area contributed by atoms with Gasteiger partial charge in [0, 0.05) is 32.4 Å². The SMILES string of the molecule is CCCCCC(=O)NCCCCC(NC(=O)C(CCCCNC(=O)CCCCC)NC(=O)CCCCC)C(C)=O. The molecule has 0 radical (unpaired) electrons. The van der Waals surface area contributed by atoms with Crippen LogP contribution >= 0.6 is 0 Å². The van der Waals surface area contributed by atoms with Crippen molar-refractivity contribution in [2.24, 2.45) is 0 Å². The molecule has 0 heterocycles. The summed E-state index contributed by atoms with van der Waals surface area (Å²) in [5, 5.41) is 11.6. The van der Waals surface area contributed by atoms with E-state index in [4.69, 9.17) is 0 Å². The van der Waals surface area contributed by atoms with Crippen LogP contribution in [0.15, 0.2) is 0 Å². The number of hydrogen-bond acceptors (Lipinski definition) is 5. The van der Waals surface area contributed by atoms with Crippen LogP contribution in [0.5, 0.6) is 0 Å². The summed E-state index contributed by atoms with van der Waals surface area (Å²) in [6.45, 7) is 8.82. The quantitative estimate of drug-likeness (QED) is 0.111. The Kier molecular flexibility index (Phi) is 24.0. The highest BCUT2D eigenvalue weighted by Crippen LogP contribution is 2.08. The van der Waals surface area contributed by atoms with E-state index in [1.807, 2.05) is 0 Å². The fraction of sp³-hybridized carbons (Fsp3) is 0.839.